The van der Waals surface area contributed by atoms with E-state index in [9.17, 15) is 13.2 Å². The van der Waals surface area contributed by atoms with Crippen LogP contribution >= 0.6 is 0 Å². The highest BCUT2D eigenvalue weighted by Crippen LogP contribution is 2.34. The number of carbonyl (C=O) groups is 1. The van der Waals surface area contributed by atoms with Crippen molar-refractivity contribution in [1.82, 2.24) is 0 Å². The highest BCUT2D eigenvalue weighted by Gasteiger charge is 2.33. The van der Waals surface area contributed by atoms with Crippen LogP contribution in [0.4, 0.5) is 0 Å². The lowest BCUT2D eigenvalue weighted by Crippen LogP contribution is -2.32. The molecule has 1 aromatic rings. The van der Waals surface area contributed by atoms with Gasteiger partial charge in [-0.3, -0.25) is 4.79 Å². The van der Waals surface area contributed by atoms with Crippen molar-refractivity contribution in [3.05, 3.63) is 29.8 Å². The normalized spacial score (nSPS) is 20.2. The summed E-state index contributed by atoms with van der Waals surface area (Å²) in [5.41, 5.74) is 0.843. The number of para-hydroxylation sites is 1. The summed E-state index contributed by atoms with van der Waals surface area (Å²) in [6.45, 7) is 1.67. The van der Waals surface area contributed by atoms with E-state index in [4.69, 9.17) is 9.84 Å². The highest BCUT2D eigenvalue weighted by atomic mass is 32.2. The molecule has 1 N–H and O–H groups in total. The first-order valence-corrected chi connectivity index (χ1v) is 7.79. The fourth-order valence-corrected chi connectivity index (χ4v) is 3.67. The largest absolute Gasteiger partial charge is 0.493 e. The van der Waals surface area contributed by atoms with Gasteiger partial charge in [-0.25, -0.2) is 8.42 Å². The van der Waals surface area contributed by atoms with Crippen LogP contribution in [0.5, 0.6) is 5.75 Å². The summed E-state index contributed by atoms with van der Waals surface area (Å²) in [5.74, 6) is -0.963. The Balaban J connectivity index is 2.24. The average Bonchev–Trinajstić information content (AvgIpc) is 2.38. The van der Waals surface area contributed by atoms with E-state index in [1.165, 1.54) is 6.92 Å². The average molecular weight is 284 g/mol. The highest BCUT2D eigenvalue weighted by molar-refractivity contribution is 7.92. The van der Waals surface area contributed by atoms with Gasteiger partial charge in [-0.05, 0) is 25.0 Å². The van der Waals surface area contributed by atoms with E-state index >= 15 is 0 Å². The third-order valence-corrected chi connectivity index (χ3v) is 5.55. The summed E-state index contributed by atoms with van der Waals surface area (Å²) >= 11 is 0. The summed E-state index contributed by atoms with van der Waals surface area (Å²) in [5, 5.41) is 7.47. The predicted molar refractivity (Wildman–Crippen MR) is 70.2 cm³/mol. The van der Waals surface area contributed by atoms with Gasteiger partial charge in [-0.2, -0.15) is 0 Å². The number of carboxylic acids is 1. The topological polar surface area (TPSA) is 80.7 Å². The second kappa shape index (κ2) is 5.21. The Morgan fingerprint density at radius 2 is 2.16 bits per heavy atom. The van der Waals surface area contributed by atoms with Crippen LogP contribution in [0.2, 0.25) is 0 Å². The summed E-state index contributed by atoms with van der Waals surface area (Å²) in [6, 6.07) is 7.29. The maximum Gasteiger partial charge on any atom is 0.321 e. The fraction of sp³-hybridized carbons (Fsp3) is 0.462. The minimum absolute atomic E-state index is 0.152. The molecule has 1 aliphatic rings. The third-order valence-electron chi connectivity index (χ3n) is 3.40. The van der Waals surface area contributed by atoms with E-state index in [-0.39, 0.29) is 11.7 Å². The van der Waals surface area contributed by atoms with Crippen LogP contribution < -0.4 is 4.74 Å². The smallest absolute Gasteiger partial charge is 0.321 e. The molecule has 2 rings (SSSR count). The van der Waals surface area contributed by atoms with Gasteiger partial charge >= 0.3 is 5.97 Å². The molecule has 0 bridgehead atoms. The van der Waals surface area contributed by atoms with Crippen LogP contribution in [0.15, 0.2) is 24.3 Å². The minimum Gasteiger partial charge on any atom is -0.493 e. The number of hydrogen-bond acceptors (Lipinski definition) is 4. The molecule has 0 saturated carbocycles. The number of ether oxygens (including phenoxy) is 1. The van der Waals surface area contributed by atoms with E-state index < -0.39 is 21.1 Å². The Labute approximate surface area is 112 Å². The predicted octanol–water partition coefficient (Wildman–Crippen LogP) is 1.44. The SMILES string of the molecule is CC(C(=O)O)S(=O)(=O)CC1CCOc2ccccc21. The number of rotatable bonds is 4. The summed E-state index contributed by atoms with van der Waals surface area (Å²) in [6.07, 6.45) is 0.586. The fourth-order valence-electron chi connectivity index (χ4n) is 2.17. The van der Waals surface area contributed by atoms with Crippen molar-refractivity contribution in [2.75, 3.05) is 12.4 Å². The molecule has 6 heteroatoms. The Kier molecular flexibility index (Phi) is 3.80. The second-order valence-corrected chi connectivity index (χ2v) is 7.05. The molecule has 19 heavy (non-hydrogen) atoms. The molecule has 104 valence electrons. The van der Waals surface area contributed by atoms with Crippen LogP contribution in [-0.4, -0.2) is 37.1 Å². The molecule has 0 radical (unpaired) electrons. The van der Waals surface area contributed by atoms with Gasteiger partial charge in [0, 0.05) is 5.92 Å². The summed E-state index contributed by atoms with van der Waals surface area (Å²) in [7, 11) is -3.66. The van der Waals surface area contributed by atoms with Gasteiger partial charge in [0.05, 0.1) is 12.4 Å². The van der Waals surface area contributed by atoms with E-state index in [2.05, 4.69) is 0 Å². The molecular weight excluding hydrogens is 268 g/mol. The second-order valence-electron chi connectivity index (χ2n) is 4.68. The van der Waals surface area contributed by atoms with Gasteiger partial charge in [0.15, 0.2) is 15.1 Å². The number of carboxylic acid groups (broad SMARTS) is 1. The molecule has 1 aromatic carbocycles. The van der Waals surface area contributed by atoms with E-state index in [1.807, 2.05) is 18.2 Å². The van der Waals surface area contributed by atoms with Crippen molar-refractivity contribution >= 4 is 15.8 Å². The molecule has 0 fully saturated rings. The van der Waals surface area contributed by atoms with Gasteiger partial charge in [0.2, 0.25) is 0 Å². The number of aliphatic carboxylic acids is 1. The van der Waals surface area contributed by atoms with Crippen molar-refractivity contribution in [2.24, 2.45) is 0 Å². The van der Waals surface area contributed by atoms with Gasteiger partial charge < -0.3 is 9.84 Å². The zero-order chi connectivity index (χ0) is 14.0. The van der Waals surface area contributed by atoms with Crippen molar-refractivity contribution in [1.29, 1.82) is 0 Å². The summed E-state index contributed by atoms with van der Waals surface area (Å²) < 4.78 is 29.5. The molecule has 0 saturated heterocycles. The Morgan fingerprint density at radius 1 is 1.47 bits per heavy atom. The lowest BCUT2D eigenvalue weighted by atomic mass is 9.95. The molecule has 2 unspecified atom stereocenters. The molecule has 0 amide bonds. The number of fused-ring (bicyclic) bond motifs is 1. The lowest BCUT2D eigenvalue weighted by molar-refractivity contribution is -0.136. The number of benzene rings is 1. The van der Waals surface area contributed by atoms with Crippen molar-refractivity contribution in [3.63, 3.8) is 0 Å². The first-order chi connectivity index (χ1) is 8.92. The van der Waals surface area contributed by atoms with Gasteiger partial charge in [0.25, 0.3) is 0 Å². The molecule has 2 atom stereocenters. The van der Waals surface area contributed by atoms with Crippen molar-refractivity contribution in [2.45, 2.75) is 24.5 Å². The monoisotopic (exact) mass is 284 g/mol. The van der Waals surface area contributed by atoms with Gasteiger partial charge in [-0.1, -0.05) is 18.2 Å². The van der Waals surface area contributed by atoms with Crippen LogP contribution in [0.25, 0.3) is 0 Å². The molecule has 0 spiro atoms. The molecule has 5 nitrogen and oxygen atoms in total. The Hall–Kier alpha value is -1.56. The summed E-state index contributed by atoms with van der Waals surface area (Å²) in [4.78, 5) is 10.8. The first-order valence-electron chi connectivity index (χ1n) is 6.08. The van der Waals surface area contributed by atoms with E-state index in [0.717, 1.165) is 5.56 Å². The third kappa shape index (κ3) is 2.89. The number of hydrogen-bond donors (Lipinski definition) is 1. The van der Waals surface area contributed by atoms with Crippen LogP contribution in [0.1, 0.15) is 24.8 Å². The van der Waals surface area contributed by atoms with Gasteiger partial charge in [0.1, 0.15) is 5.75 Å². The maximum absolute atomic E-state index is 12.0. The zero-order valence-electron chi connectivity index (χ0n) is 10.6. The van der Waals surface area contributed by atoms with Crippen LogP contribution in [0, 0.1) is 0 Å². The Morgan fingerprint density at radius 3 is 2.84 bits per heavy atom. The quantitative estimate of drug-likeness (QED) is 0.905. The molecule has 1 aliphatic heterocycles. The number of sulfone groups is 1. The molecule has 0 aromatic heterocycles. The standard InChI is InChI=1S/C13H16O5S/c1-9(13(14)15)19(16,17)8-10-6-7-18-12-5-3-2-4-11(10)12/h2-5,9-10H,6-8H2,1H3,(H,14,15). The first kappa shape index (κ1) is 13.9. The van der Waals surface area contributed by atoms with Crippen LogP contribution in [-0.2, 0) is 14.6 Å². The molecule has 0 aliphatic carbocycles. The van der Waals surface area contributed by atoms with E-state index in [1.54, 1.807) is 6.07 Å². The van der Waals surface area contributed by atoms with Gasteiger partial charge in [-0.15, -0.1) is 0 Å². The molecule has 1 heterocycles. The minimum atomic E-state index is -3.66. The zero-order valence-corrected chi connectivity index (χ0v) is 11.4. The lowest BCUT2D eigenvalue weighted by Gasteiger charge is -2.26. The Bertz CT molecular complexity index is 578. The van der Waals surface area contributed by atoms with Crippen molar-refractivity contribution < 1.29 is 23.1 Å². The van der Waals surface area contributed by atoms with E-state index in [0.29, 0.717) is 18.8 Å². The van der Waals surface area contributed by atoms with Crippen LogP contribution in [0.3, 0.4) is 0 Å². The van der Waals surface area contributed by atoms with Crippen molar-refractivity contribution in [3.8, 4) is 5.75 Å². The molecular formula is C13H16O5S. The maximum atomic E-state index is 12.0.